The molecule has 5 aromatic carbocycles. The molecule has 0 atom stereocenters. The Kier molecular flexibility index (Phi) is 11.2. The van der Waals surface area contributed by atoms with Crippen molar-refractivity contribution in [2.24, 2.45) is 0 Å². The van der Waals surface area contributed by atoms with Gasteiger partial charge in [-0.2, -0.15) is 6.08 Å². The van der Waals surface area contributed by atoms with Crippen molar-refractivity contribution in [1.82, 2.24) is 0 Å². The standard InChI is InChI=1S/C21H25.C13H10.C8H11.Zr/c1-20(2,3)16-7-9-18-14(12-16)11-15-13-17(21(4,5)6)8-10-19(15)18;1-3-7-12(8-4-1)11-13-9-5-2-6-10-13;1-2-5-8-6-3-4-7-8;/h7-13H,1-6H3;1-10H;3,6H,2,4-5H2,1H3;/q-1;;-1;+2. The van der Waals surface area contributed by atoms with Crippen molar-refractivity contribution >= 4 is 24.8 Å². The van der Waals surface area contributed by atoms with E-state index in [2.05, 4.69) is 170 Å². The molecule has 1 aliphatic rings. The summed E-state index contributed by atoms with van der Waals surface area (Å²) >= 11 is 1.46. The summed E-state index contributed by atoms with van der Waals surface area (Å²) in [5.74, 6) is 0. The van der Waals surface area contributed by atoms with Gasteiger partial charge in [-0.3, -0.25) is 6.08 Å². The molecule has 0 spiro atoms. The third-order valence-corrected chi connectivity index (χ3v) is 9.27. The monoisotopic (exact) mass is 640 g/mol. The first-order valence-electron chi connectivity index (χ1n) is 15.6. The van der Waals surface area contributed by atoms with Crippen molar-refractivity contribution in [2.45, 2.75) is 78.6 Å². The molecule has 0 fully saturated rings. The first-order valence-corrected chi connectivity index (χ1v) is 16.8. The molecule has 0 saturated heterocycles. The Balaban J connectivity index is 0.000000165. The summed E-state index contributed by atoms with van der Waals surface area (Å²) in [5, 5.41) is 5.48. The maximum atomic E-state index is 3.26. The van der Waals surface area contributed by atoms with E-state index < -0.39 is 0 Å². The van der Waals surface area contributed by atoms with Gasteiger partial charge in [-0.1, -0.05) is 96.7 Å². The molecule has 1 aliphatic carbocycles. The summed E-state index contributed by atoms with van der Waals surface area (Å²) in [6.45, 7) is 15.8. The van der Waals surface area contributed by atoms with Crippen LogP contribution in [-0.2, 0) is 35.1 Å². The van der Waals surface area contributed by atoms with Gasteiger partial charge in [0.2, 0.25) is 0 Å². The number of benzene rings is 4. The molecule has 0 radical (unpaired) electrons. The molecule has 5 aromatic rings. The number of rotatable bonds is 4. The van der Waals surface area contributed by atoms with Crippen molar-refractivity contribution in [1.29, 1.82) is 0 Å². The van der Waals surface area contributed by atoms with Gasteiger partial charge in [0.15, 0.2) is 0 Å². The summed E-state index contributed by atoms with van der Waals surface area (Å²) < 4.78 is 1.42. The van der Waals surface area contributed by atoms with Crippen LogP contribution in [-0.4, -0.2) is 3.21 Å². The molecular weight excluding hydrogens is 596 g/mol. The van der Waals surface area contributed by atoms with Gasteiger partial charge in [0.05, 0.1) is 0 Å². The number of allylic oxidation sites excluding steroid dienone is 4. The minimum atomic E-state index is 0.203. The van der Waals surface area contributed by atoms with Crippen LogP contribution in [0.15, 0.2) is 121 Å². The zero-order chi connectivity index (χ0) is 31.0. The Hall–Kier alpha value is -3.02. The van der Waals surface area contributed by atoms with Gasteiger partial charge < -0.3 is 0 Å². The normalized spacial score (nSPS) is 12.8. The molecule has 0 nitrogen and oxygen atoms in total. The number of fused-ring (bicyclic) bond motifs is 3. The molecule has 0 unspecified atom stereocenters. The van der Waals surface area contributed by atoms with Crippen LogP contribution in [0.3, 0.4) is 0 Å². The van der Waals surface area contributed by atoms with Crippen molar-refractivity contribution in [2.75, 3.05) is 0 Å². The van der Waals surface area contributed by atoms with E-state index in [-0.39, 0.29) is 10.8 Å². The molecule has 0 aromatic heterocycles. The molecule has 0 saturated carbocycles. The summed E-state index contributed by atoms with van der Waals surface area (Å²) in [6.07, 6.45) is 11.1. The molecule has 6 rings (SSSR count). The first-order chi connectivity index (χ1) is 20.5. The van der Waals surface area contributed by atoms with Gasteiger partial charge in [-0.05, 0) is 10.8 Å². The van der Waals surface area contributed by atoms with E-state index in [1.807, 2.05) is 0 Å². The topological polar surface area (TPSA) is 0 Å². The van der Waals surface area contributed by atoms with Crippen LogP contribution in [0.25, 0.3) is 21.5 Å². The first kappa shape index (κ1) is 32.9. The zero-order valence-electron chi connectivity index (χ0n) is 27.1. The van der Waals surface area contributed by atoms with Crippen LogP contribution in [0.4, 0.5) is 0 Å². The second-order valence-corrected chi connectivity index (χ2v) is 14.6. The van der Waals surface area contributed by atoms with Crippen LogP contribution >= 0.6 is 0 Å². The molecule has 218 valence electrons. The Morgan fingerprint density at radius 3 is 1.53 bits per heavy atom. The van der Waals surface area contributed by atoms with Gasteiger partial charge in [-0.15, -0.1) is 46.2 Å². The van der Waals surface area contributed by atoms with Crippen molar-refractivity contribution in [3.63, 3.8) is 0 Å². The molecule has 0 aliphatic heterocycles. The van der Waals surface area contributed by atoms with E-state index in [0.29, 0.717) is 0 Å². The number of hydrogen-bond acceptors (Lipinski definition) is 0. The van der Waals surface area contributed by atoms with Crippen LogP contribution in [0, 0.1) is 6.08 Å². The minimum absolute atomic E-state index is 0.203. The van der Waals surface area contributed by atoms with Gasteiger partial charge in [0, 0.05) is 0 Å². The van der Waals surface area contributed by atoms with E-state index in [4.69, 9.17) is 0 Å². The van der Waals surface area contributed by atoms with Crippen molar-refractivity contribution in [3.8, 4) is 0 Å². The summed E-state index contributed by atoms with van der Waals surface area (Å²) in [5.41, 5.74) is 7.27. The molecule has 0 amide bonds. The maximum absolute atomic E-state index is 3.26. The zero-order valence-corrected chi connectivity index (χ0v) is 29.5. The Labute approximate surface area is 275 Å². The summed E-state index contributed by atoms with van der Waals surface area (Å²) in [6, 6.07) is 37.3. The third kappa shape index (κ3) is 9.00. The Bertz CT molecular complexity index is 1590. The molecule has 1 heteroatoms. The number of hydrogen-bond donors (Lipinski definition) is 0. The fraction of sp³-hybridized carbons (Fsp3) is 0.286. The fourth-order valence-electron chi connectivity index (χ4n) is 5.22. The summed E-state index contributed by atoms with van der Waals surface area (Å²) in [4.78, 5) is 0. The quantitative estimate of drug-likeness (QED) is 0.171. The van der Waals surface area contributed by atoms with E-state index in [0.717, 1.165) is 6.42 Å². The molecule has 0 N–H and O–H groups in total. The van der Waals surface area contributed by atoms with E-state index in [1.165, 1.54) is 89.7 Å². The second kappa shape index (κ2) is 14.6. The predicted octanol–water partition coefficient (Wildman–Crippen LogP) is 11.6. The fourth-order valence-corrected chi connectivity index (χ4v) is 6.04. The third-order valence-electron chi connectivity index (χ3n) is 7.85. The van der Waals surface area contributed by atoms with Gasteiger partial charge in [0.1, 0.15) is 0 Å². The van der Waals surface area contributed by atoms with Crippen LogP contribution < -0.4 is 0 Å². The van der Waals surface area contributed by atoms with Crippen molar-refractivity contribution in [3.05, 3.63) is 149 Å². The Morgan fingerprint density at radius 1 is 0.698 bits per heavy atom. The van der Waals surface area contributed by atoms with E-state index in [9.17, 15) is 0 Å². The van der Waals surface area contributed by atoms with E-state index in [1.54, 1.807) is 0 Å². The molecule has 0 bridgehead atoms. The van der Waals surface area contributed by atoms with Gasteiger partial charge >= 0.3 is 99.2 Å². The van der Waals surface area contributed by atoms with Gasteiger partial charge in [-0.25, -0.2) is 11.6 Å². The van der Waals surface area contributed by atoms with Crippen LogP contribution in [0.1, 0.15) is 90.0 Å². The van der Waals surface area contributed by atoms with Crippen LogP contribution in [0.5, 0.6) is 0 Å². The van der Waals surface area contributed by atoms with Crippen molar-refractivity contribution < 1.29 is 24.2 Å². The predicted molar refractivity (Wildman–Crippen MR) is 186 cm³/mol. The van der Waals surface area contributed by atoms with E-state index >= 15 is 0 Å². The SMILES string of the molecule is CC(C)(C)c1ccc2c(c1)[cH-]c1cc(C(C)(C)C)ccc12.CCCC1=[C-]CC=C1.[Zr+2]=[C](c1ccccc1)c1ccccc1. The Morgan fingerprint density at radius 2 is 1.16 bits per heavy atom. The molecule has 43 heavy (non-hydrogen) atoms. The average molecular weight is 642 g/mol. The molecule has 0 heterocycles. The van der Waals surface area contributed by atoms with Gasteiger partial charge in [0.25, 0.3) is 0 Å². The average Bonchev–Trinajstić information content (AvgIpc) is 3.64. The summed E-state index contributed by atoms with van der Waals surface area (Å²) in [7, 11) is 0. The molecular formula is C42H46Zr. The second-order valence-electron chi connectivity index (χ2n) is 13.4. The van der Waals surface area contributed by atoms with Crippen LogP contribution in [0.2, 0.25) is 0 Å².